The number of likely N-dealkylation sites (tertiary alicyclic amines) is 1. The van der Waals surface area contributed by atoms with Crippen LogP contribution in [0.5, 0.6) is 11.5 Å². The number of amides is 5. The Balaban J connectivity index is 0.769. The molecule has 3 aliphatic rings. The molecule has 0 radical (unpaired) electrons. The topological polar surface area (TPSA) is 183 Å². The second kappa shape index (κ2) is 17.4. The number of hydrogen-bond acceptors (Lipinski definition) is 11. The minimum atomic E-state index is -1.14. The maximum absolute atomic E-state index is 15.1. The van der Waals surface area contributed by atoms with Gasteiger partial charge in [-0.15, -0.1) is 11.8 Å². The molecule has 0 saturated carbocycles. The van der Waals surface area contributed by atoms with Gasteiger partial charge in [-0.1, -0.05) is 37.5 Å². The number of halogens is 1. The maximum atomic E-state index is 15.1. The molecule has 3 aromatic carbocycles. The molecule has 2 fully saturated rings. The van der Waals surface area contributed by atoms with Crippen LogP contribution in [-0.2, 0) is 14.4 Å². The Kier molecular flexibility index (Phi) is 11.7. The van der Waals surface area contributed by atoms with Crippen molar-refractivity contribution in [3.05, 3.63) is 90.0 Å². The zero-order valence-corrected chi connectivity index (χ0v) is 33.1. The number of aromatic nitrogens is 4. The number of nitrogen functional groups attached to an aromatic ring is 1. The number of para-hydroxylation sites is 1. The monoisotopic (exact) mass is 818 g/mol. The number of thioether (sulfide) groups is 1. The van der Waals surface area contributed by atoms with Crippen molar-refractivity contribution in [2.75, 3.05) is 24.6 Å². The van der Waals surface area contributed by atoms with Crippen molar-refractivity contribution in [2.24, 2.45) is 0 Å². The van der Waals surface area contributed by atoms with Gasteiger partial charge >= 0.3 is 0 Å². The van der Waals surface area contributed by atoms with Gasteiger partial charge in [-0.2, -0.15) is 5.10 Å². The summed E-state index contributed by atoms with van der Waals surface area (Å²) in [4.78, 5) is 75.1. The molecule has 59 heavy (non-hydrogen) atoms. The normalized spacial score (nSPS) is 17.1. The minimum absolute atomic E-state index is 0.00632. The number of nitrogens with one attached hydrogen (secondary N) is 1. The van der Waals surface area contributed by atoms with Crippen molar-refractivity contribution >= 4 is 58.1 Å². The minimum Gasteiger partial charge on any atom is -0.457 e. The van der Waals surface area contributed by atoms with Gasteiger partial charge < -0.3 is 15.4 Å². The smallest absolute Gasteiger partial charge is 0.265 e. The average molecular weight is 819 g/mol. The predicted octanol–water partition coefficient (Wildman–Crippen LogP) is 6.70. The second-order valence-electron chi connectivity index (χ2n) is 14.9. The lowest BCUT2D eigenvalue weighted by Crippen LogP contribution is -2.54. The van der Waals surface area contributed by atoms with E-state index >= 15 is 4.39 Å². The van der Waals surface area contributed by atoms with Crippen LogP contribution in [0.3, 0.4) is 0 Å². The Bertz CT molecular complexity index is 2420. The van der Waals surface area contributed by atoms with Gasteiger partial charge in [-0.25, -0.2) is 19.0 Å². The first kappa shape index (κ1) is 39.7. The van der Waals surface area contributed by atoms with Crippen molar-refractivity contribution in [1.82, 2.24) is 34.9 Å². The maximum Gasteiger partial charge on any atom is 0.265 e. The summed E-state index contributed by atoms with van der Waals surface area (Å²) >= 11 is 1.40. The predicted molar refractivity (Wildman–Crippen MR) is 218 cm³/mol. The number of fused-ring (bicyclic) bond motifs is 2. The molecule has 3 aliphatic heterocycles. The molecule has 5 aromatic rings. The molecular weight excluding hydrogens is 776 g/mol. The molecule has 304 valence electrons. The lowest BCUT2D eigenvalue weighted by atomic mass is 10.0. The Labute approximate surface area is 343 Å². The second-order valence-corrected chi connectivity index (χ2v) is 16.1. The molecule has 0 bridgehead atoms. The van der Waals surface area contributed by atoms with Crippen molar-refractivity contribution in [1.29, 1.82) is 0 Å². The van der Waals surface area contributed by atoms with Gasteiger partial charge in [0.05, 0.1) is 22.6 Å². The van der Waals surface area contributed by atoms with Gasteiger partial charge in [0.1, 0.15) is 41.2 Å². The van der Waals surface area contributed by atoms with Crippen LogP contribution in [0.1, 0.15) is 91.0 Å². The molecule has 1 unspecified atom stereocenters. The molecule has 3 N–H and O–H groups in total. The van der Waals surface area contributed by atoms with Gasteiger partial charge in [-0.3, -0.25) is 34.2 Å². The van der Waals surface area contributed by atoms with E-state index in [1.54, 1.807) is 0 Å². The summed E-state index contributed by atoms with van der Waals surface area (Å²) in [6.07, 6.45) is 7.86. The first-order valence-corrected chi connectivity index (χ1v) is 20.9. The fourth-order valence-corrected chi connectivity index (χ4v) is 8.95. The summed E-state index contributed by atoms with van der Waals surface area (Å²) in [6.45, 7) is 1.25. The highest BCUT2D eigenvalue weighted by molar-refractivity contribution is 7.99. The van der Waals surface area contributed by atoms with E-state index in [-0.39, 0.29) is 35.9 Å². The van der Waals surface area contributed by atoms with Crippen LogP contribution in [0.15, 0.2) is 78.0 Å². The zero-order chi connectivity index (χ0) is 41.0. The lowest BCUT2D eigenvalue weighted by molar-refractivity contribution is -0.136. The van der Waals surface area contributed by atoms with E-state index in [0.29, 0.717) is 58.5 Å². The summed E-state index contributed by atoms with van der Waals surface area (Å²) in [6, 6.07) is 18.9. The largest absolute Gasteiger partial charge is 0.457 e. The SMILES string of the molecule is Nc1ncnc2c1c(-c1ccc(Oc3ccccc3)cc1)nn2C1CCN(C(=O)CCCCCCCSc2cc(F)c3c(c2)C(=O)N(C2CCC(=O)NC2=O)C3=O)CC1. The number of anilines is 1. The van der Waals surface area contributed by atoms with Crippen molar-refractivity contribution in [3.63, 3.8) is 0 Å². The zero-order valence-electron chi connectivity index (χ0n) is 32.3. The number of nitrogens with two attached hydrogens (primary N) is 1. The van der Waals surface area contributed by atoms with Crippen molar-refractivity contribution < 1.29 is 33.1 Å². The Hall–Kier alpha value is -6.16. The number of ether oxygens (including phenoxy) is 1. The molecule has 16 heteroatoms. The molecule has 2 aromatic heterocycles. The first-order chi connectivity index (χ1) is 28.7. The van der Waals surface area contributed by atoms with Crippen molar-refractivity contribution in [2.45, 2.75) is 81.2 Å². The standard InChI is InChI=1S/C43H43FN8O6S/c44-32-24-30(23-31-36(32)43(57)51(42(31)56)33-16-17-34(53)48-41(33)55)59-22-8-3-1-2-7-11-35(54)50-20-18-27(19-21-50)52-40-37(39(45)46-25-47-40)38(49-52)26-12-14-29(15-13-26)58-28-9-5-4-6-10-28/h4-6,9-10,12-15,23-25,27,33H,1-3,7-8,11,16-22H2,(H2,45,46,47)(H,48,53,55). The number of unbranched alkanes of at least 4 members (excludes halogenated alkanes) is 4. The van der Waals surface area contributed by atoms with Crippen molar-refractivity contribution in [3.8, 4) is 22.8 Å². The number of imide groups is 2. The molecule has 0 aliphatic carbocycles. The van der Waals surface area contributed by atoms with Gasteiger partial charge in [0.25, 0.3) is 11.8 Å². The highest BCUT2D eigenvalue weighted by Gasteiger charge is 2.46. The molecule has 5 heterocycles. The number of piperidine rings is 2. The Morgan fingerprint density at radius 2 is 1.61 bits per heavy atom. The number of carbonyl (C=O) groups is 5. The van der Waals surface area contributed by atoms with Gasteiger partial charge in [0.15, 0.2) is 5.65 Å². The third kappa shape index (κ3) is 8.40. The summed E-state index contributed by atoms with van der Waals surface area (Å²) in [7, 11) is 0. The number of rotatable bonds is 14. The molecule has 0 spiro atoms. The first-order valence-electron chi connectivity index (χ1n) is 19.9. The third-order valence-corrected chi connectivity index (χ3v) is 12.1. The van der Waals surface area contributed by atoms with Gasteiger partial charge in [0, 0.05) is 36.4 Å². The lowest BCUT2D eigenvalue weighted by Gasteiger charge is -2.32. The van der Waals surface area contributed by atoms with E-state index in [1.165, 1.54) is 30.2 Å². The van der Waals surface area contributed by atoms with Crippen LogP contribution >= 0.6 is 11.8 Å². The Morgan fingerprint density at radius 1 is 0.881 bits per heavy atom. The van der Waals surface area contributed by atoms with Crippen LogP contribution in [-0.4, -0.2) is 84.0 Å². The average Bonchev–Trinajstić information content (AvgIpc) is 3.75. The summed E-state index contributed by atoms with van der Waals surface area (Å²) in [5.41, 5.74) is 8.22. The van der Waals surface area contributed by atoms with Crippen LogP contribution < -0.4 is 15.8 Å². The van der Waals surface area contributed by atoms with E-state index in [1.807, 2.05) is 64.2 Å². The number of hydrogen-bond donors (Lipinski definition) is 2. The molecular formula is C43H43FN8O6S. The highest BCUT2D eigenvalue weighted by Crippen LogP contribution is 2.36. The molecule has 2 saturated heterocycles. The van der Waals surface area contributed by atoms with E-state index in [9.17, 15) is 24.0 Å². The third-order valence-electron chi connectivity index (χ3n) is 11.1. The summed E-state index contributed by atoms with van der Waals surface area (Å²) in [5, 5.41) is 7.85. The molecule has 1 atom stereocenters. The number of carbonyl (C=O) groups excluding carboxylic acids is 5. The highest BCUT2D eigenvalue weighted by atomic mass is 32.2. The van der Waals surface area contributed by atoms with E-state index in [4.69, 9.17) is 15.6 Å². The molecule has 5 amide bonds. The van der Waals surface area contributed by atoms with Crippen LogP contribution in [0.25, 0.3) is 22.3 Å². The quantitative estimate of drug-likeness (QED) is 0.0691. The fourth-order valence-electron chi connectivity index (χ4n) is 7.98. The summed E-state index contributed by atoms with van der Waals surface area (Å²) < 4.78 is 23.0. The van der Waals surface area contributed by atoms with E-state index in [0.717, 1.165) is 61.2 Å². The van der Waals surface area contributed by atoms with E-state index in [2.05, 4.69) is 15.3 Å². The number of nitrogens with zero attached hydrogens (tertiary/aromatic N) is 6. The fraction of sp³-hybridized carbons (Fsp3) is 0.349. The van der Waals surface area contributed by atoms with Gasteiger partial charge in [-0.05, 0) is 86.4 Å². The van der Waals surface area contributed by atoms with E-state index < -0.39 is 35.5 Å². The van der Waals surface area contributed by atoms with Crippen LogP contribution in [0.4, 0.5) is 10.2 Å². The molecule has 8 rings (SSSR count). The van der Waals surface area contributed by atoms with Gasteiger partial charge in [0.2, 0.25) is 17.7 Å². The molecule has 14 nitrogen and oxygen atoms in total. The Morgan fingerprint density at radius 3 is 2.37 bits per heavy atom. The number of benzene rings is 3. The van der Waals surface area contributed by atoms with Crippen LogP contribution in [0, 0.1) is 5.82 Å². The van der Waals surface area contributed by atoms with Crippen LogP contribution in [0.2, 0.25) is 0 Å². The summed E-state index contributed by atoms with van der Waals surface area (Å²) in [5.74, 6) is -0.938.